The first-order chi connectivity index (χ1) is 50.6. The van der Waals surface area contributed by atoms with Crippen molar-refractivity contribution in [2.24, 2.45) is 0 Å². The number of aromatic nitrogens is 17. The van der Waals surface area contributed by atoms with Gasteiger partial charge in [-0.25, -0.2) is 29.6 Å². The molecule has 20 rings (SSSR count). The topological polar surface area (TPSA) is 287 Å². The van der Waals surface area contributed by atoms with Gasteiger partial charge >= 0.3 is 0 Å². The fourth-order valence-electron chi connectivity index (χ4n) is 15.0. The predicted molar refractivity (Wildman–Crippen MR) is 409 cm³/mol. The van der Waals surface area contributed by atoms with Crippen molar-refractivity contribution < 1.29 is 18.1 Å². The molecule has 23 heteroatoms. The van der Waals surface area contributed by atoms with E-state index in [-0.39, 0.29) is 5.56 Å². The van der Waals surface area contributed by atoms with Gasteiger partial charge in [0.05, 0.1) is 94.1 Å². The first-order valence-electron chi connectivity index (χ1n) is 36.3. The van der Waals surface area contributed by atoms with Crippen molar-refractivity contribution in [3.63, 3.8) is 0 Å². The zero-order chi connectivity index (χ0) is 72.7. The van der Waals surface area contributed by atoms with Crippen LogP contribution in [-0.4, -0.2) is 84.8 Å². The highest BCUT2D eigenvalue weighted by atomic mass is 32.1. The van der Waals surface area contributed by atoms with Gasteiger partial charge in [-0.3, -0.25) is 4.79 Å². The van der Waals surface area contributed by atoms with E-state index in [1.54, 1.807) is 17.5 Å². The lowest BCUT2D eigenvalue weighted by Gasteiger charge is -2.11. The molecule has 0 unspecified atom stereocenters. The van der Waals surface area contributed by atoms with Crippen LogP contribution in [0.2, 0.25) is 0 Å². The minimum atomic E-state index is -0.108. The summed E-state index contributed by atoms with van der Waals surface area (Å²) in [6.07, 6.45) is 13.5. The molecular weight excluding hydrogens is 1340 g/mol. The van der Waals surface area contributed by atoms with Crippen molar-refractivity contribution in [3.8, 4) is 77.4 Å². The van der Waals surface area contributed by atoms with Crippen molar-refractivity contribution in [2.45, 2.75) is 179 Å². The molecule has 22 nitrogen and oxygen atoms in total. The summed E-state index contributed by atoms with van der Waals surface area (Å²) < 4.78 is 25.8. The van der Waals surface area contributed by atoms with Gasteiger partial charge in [0.15, 0.2) is 0 Å². The fourth-order valence-corrected chi connectivity index (χ4v) is 15.9. The minimum Gasteiger partial charge on any atom is -0.361 e. The number of pyridine rings is 1. The number of H-pyrrole nitrogens is 5. The molecule has 5 N–H and O–H groups in total. The Balaban J connectivity index is 0.000000103. The standard InChI is InChI=1S/C21H20N4O2.C21H22N4O.C20H21N5O.C20H20N4OS/c1-10-6-7-22-21(26)17(10)15-8-14(18-11(2)25-27-12(18)3)9-16-19(15)24-20(23-16)13-4-5-13;1-11-7-8-25(13(11)3)18-10-16(19-12(2)24-26-14(19)4)9-17-20(18)23-21(22-17)15-5-6-15;1-10-7-11(2)25(23-10)17-9-15(18-12(3)24-26-13(18)4)8-16-19(17)22-20(21-16)14-5-6-14;1-9-17(11(3)25-24-9)14-7-15(19-10(2)21-12(4)26-19)18-16(8-14)22-20(23-18)13-5-6-13/h6-9,13H,4-5H2,1-3H3,(H,22,26)(H,23,24);7-10,15H,5-6H2,1-4H3,(H,22,23);7-9,14H,5-6H2,1-4H3,(H,21,22);7-8,13H,5-6H2,1-4H3,(H,22,23). The molecule has 0 spiro atoms. The van der Waals surface area contributed by atoms with E-state index >= 15 is 0 Å². The molecule has 4 aromatic carbocycles. The van der Waals surface area contributed by atoms with Crippen molar-refractivity contribution in [1.82, 2.24) is 84.8 Å². The molecule has 4 fully saturated rings. The van der Waals surface area contributed by atoms with Crippen molar-refractivity contribution in [3.05, 3.63) is 198 Å². The number of rotatable bonds is 12. The van der Waals surface area contributed by atoms with Gasteiger partial charge < -0.3 is 47.6 Å². The Hall–Kier alpha value is -11.3. The van der Waals surface area contributed by atoms with Gasteiger partial charge in [-0.05, 0) is 255 Å². The van der Waals surface area contributed by atoms with Gasteiger partial charge in [0.2, 0.25) is 0 Å². The Labute approximate surface area is 608 Å². The summed E-state index contributed by atoms with van der Waals surface area (Å²) in [5, 5.41) is 22.2. The predicted octanol–water partition coefficient (Wildman–Crippen LogP) is 19.5. The maximum Gasteiger partial charge on any atom is 0.256 e. The van der Waals surface area contributed by atoms with Crippen LogP contribution in [0.1, 0.15) is 183 Å². The van der Waals surface area contributed by atoms with Crippen LogP contribution < -0.4 is 5.56 Å². The number of nitrogens with zero attached hydrogens (tertiary/aromatic N) is 12. The Morgan fingerprint density at radius 2 is 0.819 bits per heavy atom. The number of aromatic amines is 5. The van der Waals surface area contributed by atoms with Crippen LogP contribution >= 0.6 is 11.3 Å². The van der Waals surface area contributed by atoms with E-state index in [1.165, 1.54) is 54.7 Å². The third kappa shape index (κ3) is 12.4. The summed E-state index contributed by atoms with van der Waals surface area (Å²) in [4.78, 5) is 55.1. The Morgan fingerprint density at radius 3 is 1.19 bits per heavy atom. The lowest BCUT2D eigenvalue weighted by molar-refractivity contribution is 0.393. The second-order valence-corrected chi connectivity index (χ2v) is 30.5. The van der Waals surface area contributed by atoms with Crippen LogP contribution in [-0.2, 0) is 0 Å². The molecule has 16 aromatic rings. The molecule has 0 saturated heterocycles. The number of hydrogen-bond acceptors (Lipinski definition) is 16. The quantitative estimate of drug-likeness (QED) is 0.0760. The SMILES string of the molecule is Cc1cc(C)n(-c2cc(-c3c(C)noc3C)cc3[nH]c(C4CC4)nc23)n1.Cc1cc[nH]c(=O)c1-c1cc(-c2c(C)noc2C)cc2[nH]c(C3CC3)nc12.Cc1ccn(-c2cc(-c3c(C)noc3C)cc3[nH]c(C4CC4)nc23)c1C.Cc1nc(C)c(-c2cc(-c3c(C)noc3C)cc3[nH]c(C4CC4)nc23)s1. The first-order valence-corrected chi connectivity index (χ1v) is 37.1. The van der Waals surface area contributed by atoms with Gasteiger partial charge in [0.1, 0.15) is 57.4 Å². The molecule has 4 saturated carbocycles. The number of fused-ring (bicyclic) bond motifs is 4. The molecule has 12 aromatic heterocycles. The average Bonchev–Trinajstić information content (AvgIpc) is 1.63. The summed E-state index contributed by atoms with van der Waals surface area (Å²) >= 11 is 1.73. The number of imidazole rings is 4. The fraction of sp³-hybridized carbons (Fsp3) is 0.329. The van der Waals surface area contributed by atoms with Crippen molar-refractivity contribution >= 4 is 55.5 Å². The maximum absolute atomic E-state index is 12.6. The van der Waals surface area contributed by atoms with Gasteiger partial charge in [0, 0.05) is 80.8 Å². The lowest BCUT2D eigenvalue weighted by Crippen LogP contribution is -2.10. The highest BCUT2D eigenvalue weighted by Crippen LogP contribution is 2.47. The maximum atomic E-state index is 12.6. The van der Waals surface area contributed by atoms with E-state index in [1.807, 2.05) is 86.1 Å². The van der Waals surface area contributed by atoms with Crippen LogP contribution in [0.4, 0.5) is 0 Å². The summed E-state index contributed by atoms with van der Waals surface area (Å²) in [5.74, 6) is 9.82. The average molecular weight is 1420 g/mol. The van der Waals surface area contributed by atoms with E-state index < -0.39 is 0 Å². The number of aryl methyl sites for hydroxylation is 14. The summed E-state index contributed by atoms with van der Waals surface area (Å²) in [6.45, 7) is 30.1. The molecule has 0 bridgehead atoms. The first kappa shape index (κ1) is 66.9. The number of hydrogen-bond donors (Lipinski definition) is 5. The van der Waals surface area contributed by atoms with Gasteiger partial charge in [-0.1, -0.05) is 20.6 Å². The summed E-state index contributed by atoms with van der Waals surface area (Å²) in [6, 6.07) is 23.3. The third-order valence-corrected chi connectivity index (χ3v) is 22.1. The molecular formula is C82H83N17O5S. The van der Waals surface area contributed by atoms with Crippen molar-refractivity contribution in [1.29, 1.82) is 0 Å². The number of nitrogens with one attached hydrogen (secondary N) is 5. The Bertz CT molecular complexity index is 5710. The molecule has 0 radical (unpaired) electrons. The summed E-state index contributed by atoms with van der Waals surface area (Å²) in [7, 11) is 0. The van der Waals surface area contributed by atoms with E-state index in [0.717, 1.165) is 221 Å². The zero-order valence-corrected chi connectivity index (χ0v) is 62.6. The second-order valence-electron chi connectivity index (χ2n) is 29.3. The third-order valence-electron chi connectivity index (χ3n) is 21.0. The van der Waals surface area contributed by atoms with Crippen LogP contribution in [0.25, 0.3) is 122 Å². The highest BCUT2D eigenvalue weighted by Gasteiger charge is 2.33. The molecule has 0 atom stereocenters. The molecule has 0 aliphatic heterocycles. The summed E-state index contributed by atoms with van der Waals surface area (Å²) in [5.41, 5.74) is 31.1. The molecule has 4 aliphatic carbocycles. The van der Waals surface area contributed by atoms with Gasteiger partial charge in [-0.15, -0.1) is 11.3 Å². The lowest BCUT2D eigenvalue weighted by atomic mass is 9.95. The Kier molecular flexibility index (Phi) is 16.4. The van der Waals surface area contributed by atoms with E-state index in [4.69, 9.17) is 43.1 Å². The number of benzene rings is 4. The van der Waals surface area contributed by atoms with E-state index in [0.29, 0.717) is 29.2 Å². The van der Waals surface area contributed by atoms with Gasteiger partial charge in [0.25, 0.3) is 5.56 Å². The van der Waals surface area contributed by atoms with Crippen molar-refractivity contribution in [2.75, 3.05) is 0 Å². The molecule has 532 valence electrons. The van der Waals surface area contributed by atoms with Crippen LogP contribution in [0.15, 0.2) is 102 Å². The monoisotopic (exact) mass is 1420 g/mol. The van der Waals surface area contributed by atoms with E-state index in [9.17, 15) is 4.79 Å². The number of thiazole rings is 1. The molecule has 12 heterocycles. The largest absolute Gasteiger partial charge is 0.361 e. The molecule has 4 aliphatic rings. The Morgan fingerprint density at radius 1 is 0.419 bits per heavy atom. The smallest absolute Gasteiger partial charge is 0.256 e. The van der Waals surface area contributed by atoms with Gasteiger partial charge in [-0.2, -0.15) is 5.10 Å². The molecule has 0 amide bonds. The van der Waals surface area contributed by atoms with E-state index in [2.05, 4.69) is 151 Å². The second kappa shape index (κ2) is 25.8. The minimum absolute atomic E-state index is 0.108. The van der Waals surface area contributed by atoms with Crippen LogP contribution in [0, 0.1) is 104 Å². The van der Waals surface area contributed by atoms with Crippen LogP contribution in [0.5, 0.6) is 0 Å². The zero-order valence-electron chi connectivity index (χ0n) is 61.8. The van der Waals surface area contributed by atoms with Crippen LogP contribution in [0.3, 0.4) is 0 Å². The molecule has 105 heavy (non-hydrogen) atoms. The highest BCUT2D eigenvalue weighted by molar-refractivity contribution is 7.15. The normalized spacial score (nSPS) is 14.4.